The first-order valence-corrected chi connectivity index (χ1v) is 7.05. The number of nitrogens with zero attached hydrogens (tertiary/aromatic N) is 2. The molecule has 0 aliphatic carbocycles. The van der Waals surface area contributed by atoms with E-state index in [4.69, 9.17) is 4.98 Å². The molecule has 1 N–H and O–H groups in total. The topological polar surface area (TPSA) is 28.2 Å². The molecule has 0 unspecified atom stereocenters. The molecule has 0 saturated carbocycles. The second kappa shape index (κ2) is 6.30. The van der Waals surface area contributed by atoms with Gasteiger partial charge in [-0.2, -0.15) is 0 Å². The monoisotopic (exact) mass is 247 g/mol. The van der Waals surface area contributed by atoms with Gasteiger partial charge in [0.05, 0.1) is 11.7 Å². The molecule has 0 amide bonds. The van der Waals surface area contributed by atoms with E-state index >= 15 is 0 Å². The number of pyridine rings is 1. The van der Waals surface area contributed by atoms with Crippen molar-refractivity contribution in [3.63, 3.8) is 0 Å². The molecular weight excluding hydrogens is 222 g/mol. The lowest BCUT2D eigenvalue weighted by Gasteiger charge is -2.35. The van der Waals surface area contributed by atoms with E-state index in [1.807, 2.05) is 0 Å². The Hall–Kier alpha value is -0.930. The smallest absolute Gasteiger partial charge is 0.0578 e. The maximum atomic E-state index is 4.74. The summed E-state index contributed by atoms with van der Waals surface area (Å²) in [6, 6.07) is 6.87. The predicted octanol–water partition coefficient (Wildman–Crippen LogP) is 2.38. The normalized spacial score (nSPS) is 19.1. The van der Waals surface area contributed by atoms with Gasteiger partial charge in [-0.15, -0.1) is 0 Å². The van der Waals surface area contributed by atoms with Crippen molar-refractivity contribution < 1.29 is 0 Å². The standard InChI is InChI=1S/C15H25N3/c1-12(2)11-15(18-9-7-16-8-10-18)14-6-4-5-13(3)17-14/h4-6,12,15-16H,7-11H2,1-3H3/t15-/m0/s1. The predicted molar refractivity (Wildman–Crippen MR) is 75.6 cm³/mol. The number of aromatic nitrogens is 1. The zero-order valence-corrected chi connectivity index (χ0v) is 11.8. The molecule has 18 heavy (non-hydrogen) atoms. The third-order valence-electron chi connectivity index (χ3n) is 3.54. The van der Waals surface area contributed by atoms with Crippen LogP contribution in [0.4, 0.5) is 0 Å². The molecule has 0 bridgehead atoms. The van der Waals surface area contributed by atoms with Crippen LogP contribution in [-0.2, 0) is 0 Å². The highest BCUT2D eigenvalue weighted by Crippen LogP contribution is 2.26. The summed E-state index contributed by atoms with van der Waals surface area (Å²) in [6.45, 7) is 11.1. The first-order chi connectivity index (χ1) is 8.66. The van der Waals surface area contributed by atoms with E-state index in [2.05, 4.69) is 49.2 Å². The van der Waals surface area contributed by atoms with E-state index in [1.54, 1.807) is 0 Å². The molecule has 3 heteroatoms. The molecule has 2 heterocycles. The number of piperazine rings is 1. The minimum absolute atomic E-state index is 0.479. The molecule has 1 aromatic heterocycles. The first-order valence-electron chi connectivity index (χ1n) is 7.05. The third-order valence-corrected chi connectivity index (χ3v) is 3.54. The zero-order valence-electron chi connectivity index (χ0n) is 11.8. The number of nitrogens with one attached hydrogen (secondary N) is 1. The van der Waals surface area contributed by atoms with Gasteiger partial charge in [-0.3, -0.25) is 9.88 Å². The fraction of sp³-hybridized carbons (Fsp3) is 0.667. The summed E-state index contributed by atoms with van der Waals surface area (Å²) in [5, 5.41) is 3.42. The van der Waals surface area contributed by atoms with Crippen molar-refractivity contribution in [2.45, 2.75) is 33.2 Å². The molecule has 1 aliphatic rings. The molecular formula is C15H25N3. The van der Waals surface area contributed by atoms with Crippen LogP contribution in [0.5, 0.6) is 0 Å². The minimum Gasteiger partial charge on any atom is -0.314 e. The summed E-state index contributed by atoms with van der Waals surface area (Å²) < 4.78 is 0. The zero-order chi connectivity index (χ0) is 13.0. The Morgan fingerprint density at radius 1 is 1.28 bits per heavy atom. The van der Waals surface area contributed by atoms with Crippen LogP contribution in [0.3, 0.4) is 0 Å². The van der Waals surface area contributed by atoms with Crippen LogP contribution >= 0.6 is 0 Å². The van der Waals surface area contributed by atoms with E-state index in [0.29, 0.717) is 12.0 Å². The lowest BCUT2D eigenvalue weighted by atomic mass is 9.98. The molecule has 0 spiro atoms. The molecule has 2 rings (SSSR count). The van der Waals surface area contributed by atoms with Crippen molar-refractivity contribution in [2.24, 2.45) is 5.92 Å². The van der Waals surface area contributed by atoms with Crippen LogP contribution in [0, 0.1) is 12.8 Å². The maximum absolute atomic E-state index is 4.74. The highest BCUT2D eigenvalue weighted by atomic mass is 15.2. The van der Waals surface area contributed by atoms with Crippen LogP contribution < -0.4 is 5.32 Å². The summed E-state index contributed by atoms with van der Waals surface area (Å²) >= 11 is 0. The van der Waals surface area contributed by atoms with Gasteiger partial charge in [-0.25, -0.2) is 0 Å². The average Bonchev–Trinajstić information content (AvgIpc) is 2.37. The van der Waals surface area contributed by atoms with Gasteiger partial charge in [0.25, 0.3) is 0 Å². The van der Waals surface area contributed by atoms with E-state index in [-0.39, 0.29) is 0 Å². The van der Waals surface area contributed by atoms with Crippen LogP contribution in [-0.4, -0.2) is 36.1 Å². The quantitative estimate of drug-likeness (QED) is 0.885. The van der Waals surface area contributed by atoms with Crippen molar-refractivity contribution in [1.29, 1.82) is 0 Å². The molecule has 1 fully saturated rings. The molecule has 100 valence electrons. The van der Waals surface area contributed by atoms with Crippen LogP contribution in [0.25, 0.3) is 0 Å². The minimum atomic E-state index is 0.479. The molecule has 0 aromatic carbocycles. The number of aryl methyl sites for hydroxylation is 1. The van der Waals surface area contributed by atoms with E-state index in [0.717, 1.165) is 31.9 Å². The van der Waals surface area contributed by atoms with Crippen LogP contribution in [0.15, 0.2) is 18.2 Å². The molecule has 0 radical (unpaired) electrons. The SMILES string of the molecule is Cc1cccc([C@H](CC(C)C)N2CCNCC2)n1. The first kappa shape index (κ1) is 13.5. The van der Waals surface area contributed by atoms with E-state index in [1.165, 1.54) is 12.1 Å². The Labute approximate surface area is 111 Å². The van der Waals surface area contributed by atoms with Crippen LogP contribution in [0.2, 0.25) is 0 Å². The fourth-order valence-corrected chi connectivity index (χ4v) is 2.65. The van der Waals surface area contributed by atoms with Gasteiger partial charge in [0.15, 0.2) is 0 Å². The van der Waals surface area contributed by atoms with Crippen molar-refractivity contribution in [3.8, 4) is 0 Å². The van der Waals surface area contributed by atoms with Gasteiger partial charge in [0.1, 0.15) is 0 Å². The Bertz CT molecular complexity index is 370. The van der Waals surface area contributed by atoms with Gasteiger partial charge < -0.3 is 5.32 Å². The number of hydrogen-bond acceptors (Lipinski definition) is 3. The maximum Gasteiger partial charge on any atom is 0.0578 e. The molecule has 1 aliphatic heterocycles. The summed E-state index contributed by atoms with van der Waals surface area (Å²) in [7, 11) is 0. The second-order valence-electron chi connectivity index (χ2n) is 5.64. The Kier molecular flexibility index (Phi) is 4.72. The average molecular weight is 247 g/mol. The summed E-state index contributed by atoms with van der Waals surface area (Å²) in [5.41, 5.74) is 2.36. The highest BCUT2D eigenvalue weighted by Gasteiger charge is 2.23. The summed E-state index contributed by atoms with van der Waals surface area (Å²) in [5.74, 6) is 0.701. The van der Waals surface area contributed by atoms with Gasteiger partial charge in [0.2, 0.25) is 0 Å². The summed E-state index contributed by atoms with van der Waals surface area (Å²) in [6.07, 6.45) is 1.19. The van der Waals surface area contributed by atoms with Crippen molar-refractivity contribution in [1.82, 2.24) is 15.2 Å². The molecule has 3 nitrogen and oxygen atoms in total. The lowest BCUT2D eigenvalue weighted by Crippen LogP contribution is -2.45. The van der Waals surface area contributed by atoms with E-state index in [9.17, 15) is 0 Å². The highest BCUT2D eigenvalue weighted by molar-refractivity contribution is 5.14. The Morgan fingerprint density at radius 2 is 2.00 bits per heavy atom. The molecule has 1 saturated heterocycles. The number of hydrogen-bond donors (Lipinski definition) is 1. The van der Waals surface area contributed by atoms with E-state index < -0.39 is 0 Å². The fourth-order valence-electron chi connectivity index (χ4n) is 2.65. The largest absolute Gasteiger partial charge is 0.314 e. The van der Waals surface area contributed by atoms with Crippen molar-refractivity contribution in [2.75, 3.05) is 26.2 Å². The third kappa shape index (κ3) is 3.53. The van der Waals surface area contributed by atoms with Gasteiger partial charge in [0, 0.05) is 31.9 Å². The van der Waals surface area contributed by atoms with Gasteiger partial charge in [-0.1, -0.05) is 19.9 Å². The van der Waals surface area contributed by atoms with Crippen molar-refractivity contribution in [3.05, 3.63) is 29.6 Å². The van der Waals surface area contributed by atoms with Crippen LogP contribution in [0.1, 0.15) is 37.7 Å². The Morgan fingerprint density at radius 3 is 2.61 bits per heavy atom. The molecule has 1 atom stereocenters. The number of rotatable bonds is 4. The second-order valence-corrected chi connectivity index (χ2v) is 5.64. The van der Waals surface area contributed by atoms with Gasteiger partial charge in [-0.05, 0) is 31.4 Å². The van der Waals surface area contributed by atoms with Gasteiger partial charge >= 0.3 is 0 Å². The summed E-state index contributed by atoms with van der Waals surface area (Å²) in [4.78, 5) is 7.32. The molecule has 1 aromatic rings. The van der Waals surface area contributed by atoms with Crippen molar-refractivity contribution >= 4 is 0 Å². The Balaban J connectivity index is 2.18. The lowest BCUT2D eigenvalue weighted by molar-refractivity contribution is 0.151.